The number of benzene rings is 1. The Balaban J connectivity index is 2.34. The van der Waals surface area contributed by atoms with E-state index >= 15 is 0 Å². The topological polar surface area (TPSA) is 110 Å². The molecule has 0 unspecified atom stereocenters. The van der Waals surface area contributed by atoms with Gasteiger partial charge in [-0.3, -0.25) is 9.82 Å². The van der Waals surface area contributed by atoms with E-state index in [4.69, 9.17) is 10.5 Å². The summed E-state index contributed by atoms with van der Waals surface area (Å²) >= 11 is 0. The highest BCUT2D eigenvalue weighted by molar-refractivity contribution is 7.92. The van der Waals surface area contributed by atoms with Crippen LogP contribution in [0.4, 0.5) is 11.5 Å². The molecule has 0 spiro atoms. The molecule has 0 atom stereocenters. The van der Waals surface area contributed by atoms with Gasteiger partial charge in [-0.2, -0.15) is 5.10 Å². The zero-order chi connectivity index (χ0) is 14.0. The molecule has 8 heteroatoms. The van der Waals surface area contributed by atoms with Gasteiger partial charge < -0.3 is 10.5 Å². The van der Waals surface area contributed by atoms with Gasteiger partial charge in [-0.15, -0.1) is 0 Å². The second-order valence-corrected chi connectivity index (χ2v) is 5.60. The van der Waals surface area contributed by atoms with Crippen LogP contribution in [-0.2, 0) is 10.0 Å². The van der Waals surface area contributed by atoms with Crippen molar-refractivity contribution in [2.45, 2.75) is 11.8 Å². The first-order valence-electron chi connectivity index (χ1n) is 5.41. The predicted molar refractivity (Wildman–Crippen MR) is 71.5 cm³/mol. The number of aromatic nitrogens is 2. The number of rotatable bonds is 4. The van der Waals surface area contributed by atoms with E-state index in [1.807, 2.05) is 0 Å². The summed E-state index contributed by atoms with van der Waals surface area (Å²) in [5.74, 6) is 0.708. The molecule has 0 saturated carbocycles. The predicted octanol–water partition coefficient (Wildman–Crippen LogP) is 1.11. The lowest BCUT2D eigenvalue weighted by atomic mass is 10.3. The molecular weight excluding hydrogens is 268 g/mol. The number of nitrogen functional groups attached to an aromatic ring is 1. The molecule has 0 aliphatic rings. The number of aromatic amines is 1. The third kappa shape index (κ3) is 2.79. The molecule has 7 nitrogen and oxygen atoms in total. The van der Waals surface area contributed by atoms with Gasteiger partial charge in [0, 0.05) is 17.8 Å². The number of aryl methyl sites for hydroxylation is 1. The van der Waals surface area contributed by atoms with Gasteiger partial charge in [0.05, 0.1) is 12.8 Å². The zero-order valence-electron chi connectivity index (χ0n) is 10.5. The highest BCUT2D eigenvalue weighted by Crippen LogP contribution is 2.25. The molecule has 1 heterocycles. The van der Waals surface area contributed by atoms with Crippen LogP contribution in [0, 0.1) is 6.92 Å². The quantitative estimate of drug-likeness (QED) is 0.728. The normalized spacial score (nSPS) is 11.3. The Kier molecular flexibility index (Phi) is 3.34. The first kappa shape index (κ1) is 13.2. The smallest absolute Gasteiger partial charge is 0.265 e. The lowest BCUT2D eigenvalue weighted by Crippen LogP contribution is -2.15. The molecule has 19 heavy (non-hydrogen) atoms. The Morgan fingerprint density at radius 1 is 1.37 bits per heavy atom. The summed E-state index contributed by atoms with van der Waals surface area (Å²) < 4.78 is 31.6. The molecule has 0 radical (unpaired) electrons. The van der Waals surface area contributed by atoms with Gasteiger partial charge in [-0.25, -0.2) is 8.42 Å². The van der Waals surface area contributed by atoms with Gasteiger partial charge in [-0.05, 0) is 19.1 Å². The highest BCUT2D eigenvalue weighted by atomic mass is 32.2. The summed E-state index contributed by atoms with van der Waals surface area (Å²) in [6, 6.07) is 5.94. The van der Waals surface area contributed by atoms with Crippen LogP contribution in [0.3, 0.4) is 0 Å². The number of nitrogens with one attached hydrogen (secondary N) is 2. The molecular formula is C11H14N4O3S. The molecule has 1 aromatic carbocycles. The second-order valence-electron chi connectivity index (χ2n) is 3.95. The van der Waals surface area contributed by atoms with Crippen molar-refractivity contribution < 1.29 is 13.2 Å². The summed E-state index contributed by atoms with van der Waals surface area (Å²) in [5, 5.41) is 6.46. The molecule has 102 valence electrons. The van der Waals surface area contributed by atoms with E-state index in [1.165, 1.54) is 25.3 Å². The molecule has 0 aliphatic heterocycles. The number of H-pyrrole nitrogens is 1. The number of hydrogen-bond acceptors (Lipinski definition) is 5. The SMILES string of the molecule is COc1ccc(S(=O)(=O)Nc2cc(C)[nH]n2)c(N)c1. The molecule has 2 rings (SSSR count). The van der Waals surface area contributed by atoms with Gasteiger partial charge in [0.2, 0.25) is 0 Å². The molecule has 4 N–H and O–H groups in total. The Labute approximate surface area is 110 Å². The number of nitrogens with two attached hydrogens (primary N) is 1. The number of ether oxygens (including phenoxy) is 1. The van der Waals surface area contributed by atoms with Crippen LogP contribution in [0.5, 0.6) is 5.75 Å². The maximum atomic E-state index is 12.1. The van der Waals surface area contributed by atoms with Crippen LogP contribution in [0.15, 0.2) is 29.2 Å². The van der Waals surface area contributed by atoms with Crippen molar-refractivity contribution in [1.29, 1.82) is 0 Å². The standard InChI is InChI=1S/C11H14N4O3S/c1-7-5-11(14-13-7)15-19(16,17)10-4-3-8(18-2)6-9(10)12/h3-6H,12H2,1-2H3,(H2,13,14,15). The lowest BCUT2D eigenvalue weighted by molar-refractivity contribution is 0.414. The van der Waals surface area contributed by atoms with Crippen LogP contribution < -0.4 is 15.2 Å². The van der Waals surface area contributed by atoms with Crippen molar-refractivity contribution in [2.75, 3.05) is 17.6 Å². The summed E-state index contributed by atoms with van der Waals surface area (Å²) in [4.78, 5) is -0.0195. The molecule has 0 saturated heterocycles. The van der Waals surface area contributed by atoms with E-state index in [-0.39, 0.29) is 16.4 Å². The molecule has 0 bridgehead atoms. The zero-order valence-corrected chi connectivity index (χ0v) is 11.3. The van der Waals surface area contributed by atoms with Crippen LogP contribution in [0.2, 0.25) is 0 Å². The third-order valence-electron chi connectivity index (χ3n) is 2.45. The van der Waals surface area contributed by atoms with Gasteiger partial charge >= 0.3 is 0 Å². The number of methoxy groups -OCH3 is 1. The molecule has 0 amide bonds. The summed E-state index contributed by atoms with van der Waals surface area (Å²) in [5.41, 5.74) is 6.58. The first-order valence-corrected chi connectivity index (χ1v) is 6.89. The van der Waals surface area contributed by atoms with Gasteiger partial charge in [0.25, 0.3) is 10.0 Å². The fourth-order valence-electron chi connectivity index (χ4n) is 1.56. The minimum atomic E-state index is -3.77. The van der Waals surface area contributed by atoms with Gasteiger partial charge in [0.15, 0.2) is 5.82 Å². The van der Waals surface area contributed by atoms with E-state index in [2.05, 4.69) is 14.9 Å². The van der Waals surface area contributed by atoms with Crippen molar-refractivity contribution in [3.8, 4) is 5.75 Å². The molecule has 0 aliphatic carbocycles. The highest BCUT2D eigenvalue weighted by Gasteiger charge is 2.19. The Morgan fingerprint density at radius 3 is 2.63 bits per heavy atom. The van der Waals surface area contributed by atoms with Crippen molar-refractivity contribution in [3.05, 3.63) is 30.0 Å². The lowest BCUT2D eigenvalue weighted by Gasteiger charge is -2.09. The van der Waals surface area contributed by atoms with Crippen LogP contribution in [-0.4, -0.2) is 25.7 Å². The molecule has 2 aromatic rings. The van der Waals surface area contributed by atoms with Crippen molar-refractivity contribution in [1.82, 2.24) is 10.2 Å². The van der Waals surface area contributed by atoms with Crippen molar-refractivity contribution in [2.24, 2.45) is 0 Å². The maximum absolute atomic E-state index is 12.1. The number of sulfonamides is 1. The third-order valence-corrected chi connectivity index (χ3v) is 3.88. The van der Waals surface area contributed by atoms with E-state index in [9.17, 15) is 8.42 Å². The van der Waals surface area contributed by atoms with Crippen molar-refractivity contribution in [3.63, 3.8) is 0 Å². The number of hydrogen-bond donors (Lipinski definition) is 3. The second kappa shape index (κ2) is 4.81. The Hall–Kier alpha value is -2.22. The maximum Gasteiger partial charge on any atom is 0.265 e. The largest absolute Gasteiger partial charge is 0.497 e. The Bertz CT molecular complexity index is 694. The summed E-state index contributed by atoms with van der Waals surface area (Å²) in [6.45, 7) is 1.77. The van der Waals surface area contributed by atoms with E-state index in [0.717, 1.165) is 5.69 Å². The van der Waals surface area contributed by atoms with Crippen LogP contribution in [0.25, 0.3) is 0 Å². The van der Waals surface area contributed by atoms with Crippen molar-refractivity contribution >= 4 is 21.5 Å². The average Bonchev–Trinajstić information content (AvgIpc) is 2.73. The summed E-state index contributed by atoms with van der Waals surface area (Å²) in [6.07, 6.45) is 0. The van der Waals surface area contributed by atoms with E-state index in [1.54, 1.807) is 13.0 Å². The summed E-state index contributed by atoms with van der Waals surface area (Å²) in [7, 11) is -2.29. The number of anilines is 2. The fraction of sp³-hybridized carbons (Fsp3) is 0.182. The first-order chi connectivity index (χ1) is 8.92. The van der Waals surface area contributed by atoms with E-state index < -0.39 is 10.0 Å². The fourth-order valence-corrected chi connectivity index (χ4v) is 2.67. The number of nitrogens with zero attached hydrogens (tertiary/aromatic N) is 1. The monoisotopic (exact) mass is 282 g/mol. The van der Waals surface area contributed by atoms with Crippen LogP contribution in [0.1, 0.15) is 5.69 Å². The van der Waals surface area contributed by atoms with Gasteiger partial charge in [0.1, 0.15) is 10.6 Å². The minimum absolute atomic E-state index is 0.0195. The average molecular weight is 282 g/mol. The van der Waals surface area contributed by atoms with Gasteiger partial charge in [-0.1, -0.05) is 0 Å². The minimum Gasteiger partial charge on any atom is -0.497 e. The molecule has 1 aromatic heterocycles. The van der Waals surface area contributed by atoms with Crippen LogP contribution >= 0.6 is 0 Å². The molecule has 0 fully saturated rings. The Morgan fingerprint density at radius 2 is 2.11 bits per heavy atom. The van der Waals surface area contributed by atoms with E-state index in [0.29, 0.717) is 5.75 Å².